The molecule has 2 heterocycles. The highest BCUT2D eigenvalue weighted by Crippen LogP contribution is 2.26. The second-order valence-electron chi connectivity index (χ2n) is 9.16. The van der Waals surface area contributed by atoms with Gasteiger partial charge in [-0.25, -0.2) is 4.57 Å². The van der Waals surface area contributed by atoms with Crippen LogP contribution >= 0.6 is 12.6 Å². The molecule has 0 spiro atoms. The Balaban J connectivity index is 0.000000253. The predicted molar refractivity (Wildman–Crippen MR) is 173 cm³/mol. The molecule has 39 heavy (non-hydrogen) atoms. The van der Waals surface area contributed by atoms with Gasteiger partial charge in [0.15, 0.2) is 6.20 Å². The lowest BCUT2D eigenvalue weighted by Crippen LogP contribution is -2.31. The molecule has 0 radical (unpaired) electrons. The number of hydrogen-bond acceptors (Lipinski definition) is 2. The summed E-state index contributed by atoms with van der Waals surface area (Å²) in [4.78, 5) is 5.35. The number of rotatable bonds is 3. The van der Waals surface area contributed by atoms with Gasteiger partial charge in [0.05, 0.1) is 5.71 Å². The lowest BCUT2D eigenvalue weighted by molar-refractivity contribution is -0.660. The molecule has 0 saturated heterocycles. The van der Waals surface area contributed by atoms with Crippen molar-refractivity contribution in [3.05, 3.63) is 124 Å². The number of benzene rings is 2. The molecule has 0 bridgehead atoms. The number of aryl methyl sites for hydroxylation is 3. The fraction of sp³-hybridized carbons (Fsp3) is 0.278. The minimum absolute atomic E-state index is 0.948. The standard InChI is InChI=1S/C20H20N.C11H9NS.C3H8.C2H6/c1-15-9-7-8-12-18(15)20-13-16(2)19(14-21(20)3)17-10-5-4-6-11-17;13-10-6-7-11(12-8-10)9-4-2-1-3-5-9;1-3-2;1-2/h4-14H,1-3H3;1-2,4,8,13H,6-7H2;3H2,1-2H3;1-2H3/q+1;;;. The highest BCUT2D eigenvalue weighted by molar-refractivity contribution is 7.84. The Bertz CT molecular complexity index is 1410. The third-order valence-electron chi connectivity index (χ3n) is 5.93. The molecule has 2 aromatic carbocycles. The van der Waals surface area contributed by atoms with Gasteiger partial charge in [-0.05, 0) is 61.6 Å². The minimum Gasteiger partial charge on any atom is -0.259 e. The van der Waals surface area contributed by atoms with Crippen molar-refractivity contribution >= 4 is 18.3 Å². The van der Waals surface area contributed by atoms with Crippen LogP contribution in [0.4, 0.5) is 0 Å². The van der Waals surface area contributed by atoms with Gasteiger partial charge in [0.1, 0.15) is 7.05 Å². The summed E-state index contributed by atoms with van der Waals surface area (Å²) >= 11 is 4.25. The van der Waals surface area contributed by atoms with E-state index in [-0.39, 0.29) is 0 Å². The maximum absolute atomic E-state index is 4.31. The first-order chi connectivity index (χ1) is 18.9. The Morgan fingerprint density at radius 3 is 2.15 bits per heavy atom. The molecule has 3 heteroatoms. The summed E-state index contributed by atoms with van der Waals surface area (Å²) in [6, 6.07) is 21.4. The first-order valence-corrected chi connectivity index (χ1v) is 14.3. The topological polar surface area (TPSA) is 16.2 Å². The molecule has 5 rings (SSSR count). The second-order valence-corrected chi connectivity index (χ2v) is 9.73. The smallest absolute Gasteiger partial charge is 0.212 e. The van der Waals surface area contributed by atoms with Gasteiger partial charge < -0.3 is 0 Å². The zero-order valence-corrected chi connectivity index (χ0v) is 25.5. The van der Waals surface area contributed by atoms with Gasteiger partial charge in [-0.3, -0.25) is 4.99 Å². The van der Waals surface area contributed by atoms with Gasteiger partial charge in [-0.1, -0.05) is 100 Å². The Labute approximate surface area is 242 Å². The maximum Gasteiger partial charge on any atom is 0.212 e. The normalized spacial score (nSPS) is 12.9. The van der Waals surface area contributed by atoms with Crippen LogP contribution in [-0.4, -0.2) is 5.71 Å². The van der Waals surface area contributed by atoms with Crippen LogP contribution in [0.3, 0.4) is 0 Å². The van der Waals surface area contributed by atoms with E-state index in [4.69, 9.17) is 0 Å². The number of aliphatic imine (C=N–C) groups is 1. The monoisotopic (exact) mass is 535 g/mol. The van der Waals surface area contributed by atoms with Crippen LogP contribution in [0.1, 0.15) is 58.1 Å². The van der Waals surface area contributed by atoms with Crippen LogP contribution in [0.15, 0.2) is 118 Å². The number of thiol groups is 1. The number of aromatic nitrogens is 1. The summed E-state index contributed by atoms with van der Waals surface area (Å²) in [5.74, 6) is 0. The highest BCUT2D eigenvalue weighted by Gasteiger charge is 2.16. The third-order valence-corrected chi connectivity index (χ3v) is 6.27. The van der Waals surface area contributed by atoms with Crippen LogP contribution in [0.25, 0.3) is 22.4 Å². The summed E-state index contributed by atoms with van der Waals surface area (Å²) < 4.78 is 2.22. The predicted octanol–water partition coefficient (Wildman–Crippen LogP) is 9.70. The van der Waals surface area contributed by atoms with Gasteiger partial charge in [-0.2, -0.15) is 0 Å². The summed E-state index contributed by atoms with van der Waals surface area (Å²) in [7, 11) is 2.12. The Kier molecular flexibility index (Phi) is 13.8. The number of allylic oxidation sites excluding steroid dienone is 5. The van der Waals surface area contributed by atoms with Crippen LogP contribution in [0, 0.1) is 13.8 Å². The molecule has 0 N–H and O–H groups in total. The third kappa shape index (κ3) is 9.57. The first kappa shape index (κ1) is 31.6. The van der Waals surface area contributed by atoms with E-state index in [1.54, 1.807) is 0 Å². The Hall–Kier alpha value is -3.61. The summed E-state index contributed by atoms with van der Waals surface area (Å²) in [6.07, 6.45) is 13.0. The van der Waals surface area contributed by atoms with Crippen molar-refractivity contribution in [1.29, 1.82) is 0 Å². The second kappa shape index (κ2) is 17.1. The van der Waals surface area contributed by atoms with Gasteiger partial charge >= 0.3 is 0 Å². The van der Waals surface area contributed by atoms with Crippen molar-refractivity contribution in [3.8, 4) is 22.4 Å². The van der Waals surface area contributed by atoms with Crippen LogP contribution in [-0.2, 0) is 7.05 Å². The summed E-state index contributed by atoms with van der Waals surface area (Å²) in [6.45, 7) is 12.6. The first-order valence-electron chi connectivity index (χ1n) is 13.9. The molecule has 1 aromatic heterocycles. The minimum atomic E-state index is 0.948. The van der Waals surface area contributed by atoms with E-state index in [9.17, 15) is 0 Å². The van der Waals surface area contributed by atoms with Crippen molar-refractivity contribution in [1.82, 2.24) is 0 Å². The van der Waals surface area contributed by atoms with E-state index >= 15 is 0 Å². The SMILES string of the molecule is CC.CCC.Cc1cc(-c2ccccc2C)[n+](C)cc1-c1ccccc1.SC1=CN=C(C2=C=C=CC=C2)CC1. The average Bonchev–Trinajstić information content (AvgIpc) is 2.98. The molecule has 2 aliphatic rings. The van der Waals surface area contributed by atoms with Crippen LogP contribution < -0.4 is 4.57 Å². The van der Waals surface area contributed by atoms with Gasteiger partial charge in [0.25, 0.3) is 0 Å². The molecule has 0 amide bonds. The number of pyridine rings is 1. The fourth-order valence-electron chi connectivity index (χ4n) is 4.05. The summed E-state index contributed by atoms with van der Waals surface area (Å²) in [5, 5.41) is 0. The quantitative estimate of drug-likeness (QED) is 0.195. The van der Waals surface area contributed by atoms with E-state index in [0.29, 0.717) is 0 Å². The highest BCUT2D eigenvalue weighted by atomic mass is 32.1. The molecule has 0 saturated carbocycles. The van der Waals surface area contributed by atoms with Crippen molar-refractivity contribution in [2.24, 2.45) is 12.0 Å². The van der Waals surface area contributed by atoms with E-state index in [0.717, 1.165) is 29.0 Å². The van der Waals surface area contributed by atoms with Crippen LogP contribution in [0.2, 0.25) is 0 Å². The Morgan fingerprint density at radius 2 is 1.56 bits per heavy atom. The molecule has 202 valence electrons. The molecular formula is C36H43N2S+. The molecule has 1 aliphatic carbocycles. The molecular weight excluding hydrogens is 492 g/mol. The van der Waals surface area contributed by atoms with Gasteiger partial charge in [-0.15, -0.1) is 12.6 Å². The molecule has 2 nitrogen and oxygen atoms in total. The van der Waals surface area contributed by atoms with E-state index in [1.165, 1.54) is 39.9 Å². The Morgan fingerprint density at radius 1 is 0.897 bits per heavy atom. The number of hydrogen-bond donors (Lipinski definition) is 1. The average molecular weight is 536 g/mol. The lowest BCUT2D eigenvalue weighted by Gasteiger charge is -2.09. The zero-order chi connectivity index (χ0) is 28.6. The van der Waals surface area contributed by atoms with E-state index in [2.05, 4.69) is 135 Å². The zero-order valence-electron chi connectivity index (χ0n) is 24.6. The van der Waals surface area contributed by atoms with Crippen molar-refractivity contribution in [3.63, 3.8) is 0 Å². The lowest BCUT2D eigenvalue weighted by atomic mass is 9.98. The maximum atomic E-state index is 4.31. The van der Waals surface area contributed by atoms with Gasteiger partial charge in [0.2, 0.25) is 5.69 Å². The molecule has 0 unspecified atom stereocenters. The van der Waals surface area contributed by atoms with Crippen molar-refractivity contribution < 1.29 is 4.57 Å². The number of nitrogens with zero attached hydrogens (tertiary/aromatic N) is 2. The van der Waals surface area contributed by atoms with E-state index < -0.39 is 0 Å². The van der Waals surface area contributed by atoms with Crippen molar-refractivity contribution in [2.75, 3.05) is 0 Å². The van der Waals surface area contributed by atoms with E-state index in [1.807, 2.05) is 38.3 Å². The molecule has 3 aromatic rings. The van der Waals surface area contributed by atoms with Crippen LogP contribution in [0.5, 0.6) is 0 Å². The largest absolute Gasteiger partial charge is 0.259 e. The van der Waals surface area contributed by atoms with Crippen molar-refractivity contribution in [2.45, 2.75) is 60.8 Å². The molecule has 1 aliphatic heterocycles. The molecule has 0 fully saturated rings. The fourth-order valence-corrected chi connectivity index (χ4v) is 4.22. The summed E-state index contributed by atoms with van der Waals surface area (Å²) in [5.41, 5.74) is 15.8. The van der Waals surface area contributed by atoms with Gasteiger partial charge in [0, 0.05) is 33.9 Å². The molecule has 0 atom stereocenters.